The average Bonchev–Trinajstić information content (AvgIpc) is 2.94. The molecule has 2 saturated heterocycles. The number of halogens is 1. The number of piperidine rings is 1. The van der Waals surface area contributed by atoms with Crippen molar-refractivity contribution in [3.8, 4) is 0 Å². The van der Waals surface area contributed by atoms with Crippen LogP contribution in [0.1, 0.15) is 19.8 Å². The van der Waals surface area contributed by atoms with Crippen LogP contribution in [0.3, 0.4) is 0 Å². The SMILES string of the molecule is CC(C(=O)Nc1ccccc1)N1CCC2NCCC2C1.Cl. The molecule has 1 aromatic carbocycles. The van der Waals surface area contributed by atoms with Gasteiger partial charge in [0.15, 0.2) is 0 Å². The number of carbonyl (C=O) groups is 1. The quantitative estimate of drug-likeness (QED) is 0.899. The number of likely N-dealkylation sites (tertiary alicyclic amines) is 1. The molecule has 2 aliphatic heterocycles. The van der Waals surface area contributed by atoms with Crippen LogP contribution in [0.15, 0.2) is 30.3 Å². The zero-order chi connectivity index (χ0) is 13.9. The Morgan fingerprint density at radius 2 is 2.10 bits per heavy atom. The van der Waals surface area contributed by atoms with Crippen molar-refractivity contribution in [3.63, 3.8) is 0 Å². The Morgan fingerprint density at radius 1 is 1.33 bits per heavy atom. The normalized spacial score (nSPS) is 26.5. The van der Waals surface area contributed by atoms with E-state index in [1.807, 2.05) is 37.3 Å². The number of hydrogen-bond donors (Lipinski definition) is 2. The third-order valence-electron chi connectivity index (χ3n) is 4.66. The molecule has 0 spiro atoms. The largest absolute Gasteiger partial charge is 0.325 e. The molecule has 0 saturated carbocycles. The summed E-state index contributed by atoms with van der Waals surface area (Å²) in [5.74, 6) is 0.816. The first-order valence-electron chi connectivity index (χ1n) is 7.57. The number of rotatable bonds is 3. The van der Waals surface area contributed by atoms with Crippen molar-refractivity contribution in [1.82, 2.24) is 10.2 Å². The Balaban J connectivity index is 0.00000161. The second-order valence-electron chi connectivity index (χ2n) is 5.92. The number of benzene rings is 1. The summed E-state index contributed by atoms with van der Waals surface area (Å²) in [5, 5.41) is 6.56. The molecule has 3 rings (SSSR count). The van der Waals surface area contributed by atoms with Crippen LogP contribution in [0.4, 0.5) is 5.69 Å². The van der Waals surface area contributed by atoms with E-state index in [0.717, 1.165) is 37.7 Å². The molecule has 3 unspecified atom stereocenters. The minimum atomic E-state index is -0.0586. The number of amides is 1. The molecule has 0 radical (unpaired) electrons. The highest BCUT2D eigenvalue weighted by molar-refractivity contribution is 5.94. The lowest BCUT2D eigenvalue weighted by Gasteiger charge is -2.37. The fourth-order valence-electron chi connectivity index (χ4n) is 3.36. The average molecular weight is 310 g/mol. The minimum absolute atomic E-state index is 0. The number of carbonyl (C=O) groups excluding carboxylic acids is 1. The molecular formula is C16H24ClN3O. The van der Waals surface area contributed by atoms with Gasteiger partial charge >= 0.3 is 0 Å². The van der Waals surface area contributed by atoms with E-state index >= 15 is 0 Å². The predicted molar refractivity (Wildman–Crippen MR) is 87.9 cm³/mol. The Kier molecular flexibility index (Phi) is 5.62. The highest BCUT2D eigenvalue weighted by Gasteiger charge is 2.35. The zero-order valence-corrected chi connectivity index (χ0v) is 13.2. The van der Waals surface area contributed by atoms with E-state index in [1.165, 1.54) is 6.42 Å². The highest BCUT2D eigenvalue weighted by Crippen LogP contribution is 2.25. The zero-order valence-electron chi connectivity index (χ0n) is 12.4. The Labute approximate surface area is 132 Å². The van der Waals surface area contributed by atoms with Gasteiger partial charge in [0.1, 0.15) is 0 Å². The molecule has 0 aromatic heterocycles. The van der Waals surface area contributed by atoms with Crippen LogP contribution < -0.4 is 10.6 Å². The molecule has 1 aromatic rings. The molecule has 2 N–H and O–H groups in total. The topological polar surface area (TPSA) is 44.4 Å². The summed E-state index contributed by atoms with van der Waals surface area (Å²) in [7, 11) is 0. The lowest BCUT2D eigenvalue weighted by atomic mass is 9.92. The molecule has 5 heteroatoms. The first-order valence-corrected chi connectivity index (χ1v) is 7.57. The summed E-state index contributed by atoms with van der Waals surface area (Å²) in [6, 6.07) is 10.3. The Morgan fingerprint density at radius 3 is 2.86 bits per heavy atom. The van der Waals surface area contributed by atoms with Gasteiger partial charge in [-0.25, -0.2) is 0 Å². The molecule has 2 heterocycles. The van der Waals surface area contributed by atoms with Crippen molar-refractivity contribution >= 4 is 24.0 Å². The maximum Gasteiger partial charge on any atom is 0.241 e. The predicted octanol–water partition coefficient (Wildman–Crippen LogP) is 2.12. The number of para-hydroxylation sites is 1. The van der Waals surface area contributed by atoms with Crippen molar-refractivity contribution in [2.24, 2.45) is 5.92 Å². The fourth-order valence-corrected chi connectivity index (χ4v) is 3.36. The van der Waals surface area contributed by atoms with Gasteiger partial charge in [0.05, 0.1) is 6.04 Å². The summed E-state index contributed by atoms with van der Waals surface area (Å²) in [5.41, 5.74) is 0.877. The van der Waals surface area contributed by atoms with Gasteiger partial charge in [-0.2, -0.15) is 0 Å². The summed E-state index contributed by atoms with van der Waals surface area (Å²) in [4.78, 5) is 14.7. The van der Waals surface area contributed by atoms with Crippen LogP contribution in [0.5, 0.6) is 0 Å². The first-order chi connectivity index (χ1) is 9.74. The number of nitrogens with zero attached hydrogens (tertiary/aromatic N) is 1. The maximum atomic E-state index is 12.3. The van der Waals surface area contributed by atoms with Crippen LogP contribution in [-0.2, 0) is 4.79 Å². The van der Waals surface area contributed by atoms with Crippen molar-refractivity contribution in [2.75, 3.05) is 25.0 Å². The van der Waals surface area contributed by atoms with Gasteiger partial charge in [0, 0.05) is 24.8 Å². The highest BCUT2D eigenvalue weighted by atomic mass is 35.5. The van der Waals surface area contributed by atoms with Gasteiger partial charge in [-0.15, -0.1) is 12.4 Å². The summed E-state index contributed by atoms with van der Waals surface area (Å²) in [6.07, 6.45) is 2.40. The van der Waals surface area contributed by atoms with E-state index in [-0.39, 0.29) is 24.4 Å². The molecule has 2 aliphatic rings. The minimum Gasteiger partial charge on any atom is -0.325 e. The van der Waals surface area contributed by atoms with E-state index < -0.39 is 0 Å². The van der Waals surface area contributed by atoms with Gasteiger partial charge in [-0.3, -0.25) is 9.69 Å². The number of hydrogen-bond acceptors (Lipinski definition) is 3. The van der Waals surface area contributed by atoms with E-state index in [2.05, 4.69) is 15.5 Å². The fraction of sp³-hybridized carbons (Fsp3) is 0.562. The van der Waals surface area contributed by atoms with Crippen molar-refractivity contribution in [2.45, 2.75) is 31.8 Å². The van der Waals surface area contributed by atoms with Gasteiger partial charge < -0.3 is 10.6 Å². The number of anilines is 1. The summed E-state index contributed by atoms with van der Waals surface area (Å²) in [6.45, 7) is 5.20. The standard InChI is InChI=1S/C16H23N3O.ClH/c1-12(16(20)18-14-5-3-2-4-6-14)19-10-8-15-13(11-19)7-9-17-15;/h2-6,12-13,15,17H,7-11H2,1H3,(H,18,20);1H. The van der Waals surface area contributed by atoms with Crippen molar-refractivity contribution in [3.05, 3.63) is 30.3 Å². The van der Waals surface area contributed by atoms with Crippen molar-refractivity contribution in [1.29, 1.82) is 0 Å². The van der Waals surface area contributed by atoms with Gasteiger partial charge in [-0.1, -0.05) is 18.2 Å². The summed E-state index contributed by atoms with van der Waals surface area (Å²) >= 11 is 0. The van der Waals surface area contributed by atoms with E-state index in [1.54, 1.807) is 0 Å². The van der Waals surface area contributed by atoms with Gasteiger partial charge in [0.25, 0.3) is 0 Å². The molecule has 0 aliphatic carbocycles. The molecule has 116 valence electrons. The lowest BCUT2D eigenvalue weighted by Crippen LogP contribution is -2.51. The summed E-state index contributed by atoms with van der Waals surface area (Å²) < 4.78 is 0. The van der Waals surface area contributed by atoms with Crippen molar-refractivity contribution < 1.29 is 4.79 Å². The molecule has 2 fully saturated rings. The smallest absolute Gasteiger partial charge is 0.241 e. The van der Waals surface area contributed by atoms with Gasteiger partial charge in [-0.05, 0) is 44.4 Å². The molecular weight excluding hydrogens is 286 g/mol. The van der Waals surface area contributed by atoms with E-state index in [0.29, 0.717) is 6.04 Å². The molecule has 21 heavy (non-hydrogen) atoms. The molecule has 3 atom stereocenters. The molecule has 4 nitrogen and oxygen atoms in total. The lowest BCUT2D eigenvalue weighted by molar-refractivity contribution is -0.121. The molecule has 1 amide bonds. The monoisotopic (exact) mass is 309 g/mol. The number of fused-ring (bicyclic) bond motifs is 1. The Bertz CT molecular complexity index is 468. The van der Waals surface area contributed by atoms with Crippen LogP contribution in [0.25, 0.3) is 0 Å². The Hall–Kier alpha value is -1.10. The third-order valence-corrected chi connectivity index (χ3v) is 4.66. The second-order valence-corrected chi connectivity index (χ2v) is 5.92. The maximum absolute atomic E-state index is 12.3. The van der Waals surface area contributed by atoms with E-state index in [9.17, 15) is 4.79 Å². The first kappa shape index (κ1) is 16.3. The van der Waals surface area contributed by atoms with Crippen LogP contribution in [-0.4, -0.2) is 42.5 Å². The molecule has 0 bridgehead atoms. The van der Waals surface area contributed by atoms with Crippen LogP contribution in [0, 0.1) is 5.92 Å². The number of nitrogens with one attached hydrogen (secondary N) is 2. The second kappa shape index (κ2) is 7.25. The van der Waals surface area contributed by atoms with Gasteiger partial charge in [0.2, 0.25) is 5.91 Å². The van der Waals surface area contributed by atoms with Crippen LogP contribution >= 0.6 is 12.4 Å². The third kappa shape index (κ3) is 3.76. The van der Waals surface area contributed by atoms with E-state index in [4.69, 9.17) is 0 Å². The van der Waals surface area contributed by atoms with Crippen LogP contribution in [0.2, 0.25) is 0 Å².